The standard InChI is InChI=1S/C31H40O8S2/c1-20(2)25-16-15-21(3)19-27(25)38-31-22(4)29(30(33)39-31)26(32)17-18-28(40(34,35)23-11-7-5-8-12-23)41(36,37)24-13-9-6-10-14-24/h5-14,20-21,25-28,31-32H,15-19H2,1-4H3/t21-,25+,26+,27-,31-/m1/s1. The van der Waals surface area contributed by atoms with Gasteiger partial charge in [-0.1, -0.05) is 63.6 Å². The molecule has 1 aliphatic heterocycles. The first-order chi connectivity index (χ1) is 19.3. The normalized spacial score (nSPS) is 24.6. The van der Waals surface area contributed by atoms with Crippen LogP contribution in [-0.4, -0.2) is 51.0 Å². The molecule has 1 fully saturated rings. The summed E-state index contributed by atoms with van der Waals surface area (Å²) < 4.78 is 64.4. The van der Waals surface area contributed by atoms with E-state index < -0.39 is 49.0 Å². The molecule has 2 aliphatic rings. The van der Waals surface area contributed by atoms with Gasteiger partial charge in [0.2, 0.25) is 6.29 Å². The molecule has 0 amide bonds. The van der Waals surface area contributed by atoms with E-state index >= 15 is 0 Å². The lowest BCUT2D eigenvalue weighted by molar-refractivity contribution is -0.181. The second-order valence-corrected chi connectivity index (χ2v) is 16.1. The van der Waals surface area contributed by atoms with E-state index in [4.69, 9.17) is 9.47 Å². The molecular formula is C31H40O8S2. The number of hydrogen-bond donors (Lipinski definition) is 1. The Labute approximate surface area is 243 Å². The van der Waals surface area contributed by atoms with Crippen LogP contribution in [-0.2, 0) is 33.9 Å². The van der Waals surface area contributed by atoms with E-state index in [1.807, 2.05) is 0 Å². The highest BCUT2D eigenvalue weighted by molar-refractivity contribution is 8.09. The van der Waals surface area contributed by atoms with Crippen molar-refractivity contribution in [1.29, 1.82) is 0 Å². The number of ether oxygens (including phenoxy) is 2. The molecule has 0 unspecified atom stereocenters. The molecular weight excluding hydrogens is 564 g/mol. The molecule has 1 heterocycles. The molecule has 10 heteroatoms. The molecule has 0 radical (unpaired) electrons. The summed E-state index contributed by atoms with van der Waals surface area (Å²) in [5.74, 6) is 0.461. The van der Waals surface area contributed by atoms with E-state index in [2.05, 4.69) is 20.8 Å². The van der Waals surface area contributed by atoms with E-state index in [0.29, 0.717) is 23.3 Å². The van der Waals surface area contributed by atoms with Gasteiger partial charge >= 0.3 is 5.97 Å². The lowest BCUT2D eigenvalue weighted by Gasteiger charge is -2.38. The van der Waals surface area contributed by atoms with Crippen LogP contribution in [0.25, 0.3) is 0 Å². The summed E-state index contributed by atoms with van der Waals surface area (Å²) in [4.78, 5) is 12.6. The largest absolute Gasteiger partial charge is 0.428 e. The minimum atomic E-state index is -4.36. The smallest absolute Gasteiger partial charge is 0.339 e. The maximum absolute atomic E-state index is 13.6. The van der Waals surface area contributed by atoms with Crippen molar-refractivity contribution in [3.8, 4) is 0 Å². The molecule has 4 rings (SSSR count). The van der Waals surface area contributed by atoms with Crippen molar-refractivity contribution in [3.63, 3.8) is 0 Å². The Kier molecular flexibility index (Phi) is 9.78. The fourth-order valence-electron chi connectivity index (χ4n) is 5.93. The van der Waals surface area contributed by atoms with Gasteiger partial charge in [-0.05, 0) is 74.6 Å². The molecule has 5 atom stereocenters. The number of esters is 1. The minimum absolute atomic E-state index is 0.00655. The van der Waals surface area contributed by atoms with Gasteiger partial charge < -0.3 is 14.6 Å². The van der Waals surface area contributed by atoms with Crippen LogP contribution < -0.4 is 0 Å². The highest BCUT2D eigenvalue weighted by Gasteiger charge is 2.43. The van der Waals surface area contributed by atoms with Crippen LogP contribution in [0.4, 0.5) is 0 Å². The Morgan fingerprint density at radius 1 is 0.902 bits per heavy atom. The van der Waals surface area contributed by atoms with Crippen molar-refractivity contribution in [2.24, 2.45) is 17.8 Å². The van der Waals surface area contributed by atoms with Crippen LogP contribution in [0.1, 0.15) is 59.8 Å². The zero-order chi connectivity index (χ0) is 29.9. The lowest BCUT2D eigenvalue weighted by atomic mass is 9.75. The first kappa shape index (κ1) is 31.4. The van der Waals surface area contributed by atoms with Gasteiger partial charge in [-0.2, -0.15) is 0 Å². The molecule has 2 aromatic carbocycles. The maximum atomic E-state index is 13.6. The van der Waals surface area contributed by atoms with E-state index in [1.165, 1.54) is 48.5 Å². The maximum Gasteiger partial charge on any atom is 0.339 e. The Balaban J connectivity index is 1.58. The van der Waals surface area contributed by atoms with Crippen molar-refractivity contribution >= 4 is 25.6 Å². The Hall–Kier alpha value is -2.53. The number of sulfone groups is 2. The second-order valence-electron chi connectivity index (χ2n) is 11.6. The van der Waals surface area contributed by atoms with Crippen LogP contribution >= 0.6 is 0 Å². The average Bonchev–Trinajstić information content (AvgIpc) is 3.21. The fourth-order valence-corrected chi connectivity index (χ4v) is 10.5. The van der Waals surface area contributed by atoms with Gasteiger partial charge in [0, 0.05) is 5.57 Å². The van der Waals surface area contributed by atoms with Crippen molar-refractivity contribution in [2.75, 3.05) is 0 Å². The van der Waals surface area contributed by atoms with Crippen molar-refractivity contribution in [2.45, 2.75) is 92.7 Å². The topological polar surface area (TPSA) is 124 Å². The Morgan fingerprint density at radius 2 is 1.44 bits per heavy atom. The number of cyclic esters (lactones) is 1. The van der Waals surface area contributed by atoms with E-state index in [-0.39, 0.29) is 27.9 Å². The minimum Gasteiger partial charge on any atom is -0.428 e. The highest BCUT2D eigenvalue weighted by atomic mass is 32.3. The van der Waals surface area contributed by atoms with Crippen LogP contribution in [0, 0.1) is 17.8 Å². The third kappa shape index (κ3) is 6.77. The molecule has 2 aromatic rings. The van der Waals surface area contributed by atoms with Crippen molar-refractivity contribution in [1.82, 2.24) is 0 Å². The number of rotatable bonds is 11. The number of benzene rings is 2. The zero-order valence-corrected chi connectivity index (χ0v) is 25.6. The molecule has 0 spiro atoms. The average molecular weight is 605 g/mol. The Bertz CT molecular complexity index is 1380. The summed E-state index contributed by atoms with van der Waals surface area (Å²) in [5.41, 5.74) is 0.421. The fraction of sp³-hybridized carbons (Fsp3) is 0.516. The van der Waals surface area contributed by atoms with Crippen LogP contribution in [0.3, 0.4) is 0 Å². The van der Waals surface area contributed by atoms with Crippen LogP contribution in [0.5, 0.6) is 0 Å². The summed E-state index contributed by atoms with van der Waals surface area (Å²) in [5, 5.41) is 11.1. The Morgan fingerprint density at radius 3 is 1.95 bits per heavy atom. The van der Waals surface area contributed by atoms with Gasteiger partial charge in [0.1, 0.15) is 0 Å². The molecule has 1 saturated carbocycles. The molecule has 0 saturated heterocycles. The summed E-state index contributed by atoms with van der Waals surface area (Å²) in [6.07, 6.45) is -0.201. The summed E-state index contributed by atoms with van der Waals surface area (Å²) >= 11 is 0. The zero-order valence-electron chi connectivity index (χ0n) is 24.0. The lowest BCUT2D eigenvalue weighted by Crippen LogP contribution is -2.37. The molecule has 224 valence electrons. The van der Waals surface area contributed by atoms with Gasteiger partial charge in [0.15, 0.2) is 24.3 Å². The summed E-state index contributed by atoms with van der Waals surface area (Å²) in [6, 6.07) is 14.7. The molecule has 0 aromatic heterocycles. The number of carbonyl (C=O) groups is 1. The number of carbonyl (C=O) groups excluding carboxylic acids is 1. The third-order valence-electron chi connectivity index (χ3n) is 8.32. The SMILES string of the molecule is CC1=C([C@@H](O)CCC(S(=O)(=O)c2ccccc2)S(=O)(=O)c2ccccc2)C(=O)O[C@H]1O[C@@H]1C[C@H](C)CC[C@H]1C(C)C. The van der Waals surface area contributed by atoms with Crippen LogP contribution in [0.15, 0.2) is 81.6 Å². The van der Waals surface area contributed by atoms with E-state index in [0.717, 1.165) is 19.3 Å². The summed E-state index contributed by atoms with van der Waals surface area (Å²) in [6.45, 7) is 8.14. The van der Waals surface area contributed by atoms with E-state index in [9.17, 15) is 26.7 Å². The number of hydrogen-bond acceptors (Lipinski definition) is 8. The first-order valence-corrected chi connectivity index (χ1v) is 17.3. The van der Waals surface area contributed by atoms with Gasteiger partial charge in [-0.25, -0.2) is 21.6 Å². The van der Waals surface area contributed by atoms with Crippen molar-refractivity contribution in [3.05, 3.63) is 71.8 Å². The molecule has 8 nitrogen and oxygen atoms in total. The quantitative estimate of drug-likeness (QED) is 0.352. The predicted octanol–water partition coefficient (Wildman–Crippen LogP) is 5.08. The van der Waals surface area contributed by atoms with E-state index in [1.54, 1.807) is 19.1 Å². The number of aliphatic hydroxyl groups is 1. The van der Waals surface area contributed by atoms with Gasteiger partial charge in [0.05, 0.1) is 27.6 Å². The second kappa shape index (κ2) is 12.8. The highest BCUT2D eigenvalue weighted by Crippen LogP contribution is 2.39. The predicted molar refractivity (Wildman–Crippen MR) is 155 cm³/mol. The number of aliphatic hydroxyl groups excluding tert-OH is 1. The molecule has 1 aliphatic carbocycles. The molecule has 1 N–H and O–H groups in total. The summed E-state index contributed by atoms with van der Waals surface area (Å²) in [7, 11) is -8.72. The monoisotopic (exact) mass is 604 g/mol. The van der Waals surface area contributed by atoms with Crippen LogP contribution in [0.2, 0.25) is 0 Å². The van der Waals surface area contributed by atoms with Gasteiger partial charge in [-0.15, -0.1) is 0 Å². The molecule has 0 bridgehead atoms. The molecule has 41 heavy (non-hydrogen) atoms. The van der Waals surface area contributed by atoms with Crippen molar-refractivity contribution < 1.29 is 36.2 Å². The first-order valence-electron chi connectivity index (χ1n) is 14.2. The van der Waals surface area contributed by atoms with Gasteiger partial charge in [0.25, 0.3) is 0 Å². The van der Waals surface area contributed by atoms with Gasteiger partial charge in [-0.3, -0.25) is 0 Å². The third-order valence-corrected chi connectivity index (χ3v) is 13.6.